The van der Waals surface area contributed by atoms with Crippen molar-refractivity contribution in [3.8, 4) is 5.75 Å². The van der Waals surface area contributed by atoms with Crippen LogP contribution in [-0.2, 0) is 0 Å². The summed E-state index contributed by atoms with van der Waals surface area (Å²) in [4.78, 5) is 4.01. The first-order valence-electron chi connectivity index (χ1n) is 3.99. The van der Waals surface area contributed by atoms with Crippen LogP contribution in [0, 0.1) is 0 Å². The van der Waals surface area contributed by atoms with Gasteiger partial charge in [0.25, 0.3) is 0 Å². The molecule has 2 N–H and O–H groups in total. The van der Waals surface area contributed by atoms with Gasteiger partial charge in [-0.2, -0.15) is 0 Å². The van der Waals surface area contributed by atoms with Crippen LogP contribution in [0.5, 0.6) is 5.75 Å². The van der Waals surface area contributed by atoms with Gasteiger partial charge in [0.15, 0.2) is 0 Å². The fourth-order valence-electron chi connectivity index (χ4n) is 1.34. The molecule has 0 aliphatic heterocycles. The highest BCUT2D eigenvalue weighted by atomic mass is 35.5. The second kappa shape index (κ2) is 5.63. The molecule has 1 aromatic carbocycles. The van der Waals surface area contributed by atoms with Gasteiger partial charge in [0.1, 0.15) is 5.75 Å². The van der Waals surface area contributed by atoms with Crippen LogP contribution in [0.1, 0.15) is 0 Å². The van der Waals surface area contributed by atoms with Gasteiger partial charge in [-0.1, -0.05) is 6.07 Å². The normalized spacial score (nSPS) is 8.87. The number of nitrogens with zero attached hydrogens (tertiary/aromatic N) is 1. The summed E-state index contributed by atoms with van der Waals surface area (Å²) < 4.78 is 5.10. The summed E-state index contributed by atoms with van der Waals surface area (Å²) in [7, 11) is 1.61. The van der Waals surface area contributed by atoms with E-state index < -0.39 is 0 Å². The van der Waals surface area contributed by atoms with Crippen molar-refractivity contribution in [1.29, 1.82) is 0 Å². The molecule has 15 heavy (non-hydrogen) atoms. The van der Waals surface area contributed by atoms with Gasteiger partial charge < -0.3 is 10.5 Å². The van der Waals surface area contributed by atoms with Crippen molar-refractivity contribution in [2.45, 2.75) is 0 Å². The van der Waals surface area contributed by atoms with Gasteiger partial charge >= 0.3 is 0 Å². The van der Waals surface area contributed by atoms with Crippen LogP contribution in [0.3, 0.4) is 0 Å². The maximum Gasteiger partial charge on any atom is 0.142 e. The molecule has 3 nitrogen and oxygen atoms in total. The highest BCUT2D eigenvalue weighted by molar-refractivity contribution is 5.95. The molecule has 5 heteroatoms. The van der Waals surface area contributed by atoms with Crippen molar-refractivity contribution in [2.75, 3.05) is 12.8 Å². The number of rotatable bonds is 1. The van der Waals surface area contributed by atoms with Crippen molar-refractivity contribution in [1.82, 2.24) is 4.98 Å². The second-order valence-electron chi connectivity index (χ2n) is 2.78. The van der Waals surface area contributed by atoms with Crippen LogP contribution >= 0.6 is 24.8 Å². The summed E-state index contributed by atoms with van der Waals surface area (Å²) >= 11 is 0. The number of pyridine rings is 1. The Morgan fingerprint density at radius 1 is 1.20 bits per heavy atom. The van der Waals surface area contributed by atoms with E-state index in [1.54, 1.807) is 19.5 Å². The molecule has 0 saturated heterocycles. The van der Waals surface area contributed by atoms with Gasteiger partial charge in [0.05, 0.1) is 12.8 Å². The molecular formula is C10H12Cl2N2O. The van der Waals surface area contributed by atoms with Gasteiger partial charge in [0.2, 0.25) is 0 Å². The van der Waals surface area contributed by atoms with Gasteiger partial charge in [0, 0.05) is 17.8 Å². The molecule has 0 bridgehead atoms. The predicted octanol–water partition coefficient (Wildman–Crippen LogP) is 2.67. The van der Waals surface area contributed by atoms with E-state index in [4.69, 9.17) is 10.5 Å². The number of hydrogen-bond donors (Lipinski definition) is 1. The van der Waals surface area contributed by atoms with Crippen molar-refractivity contribution >= 4 is 41.3 Å². The zero-order chi connectivity index (χ0) is 9.26. The molecule has 0 aliphatic rings. The third kappa shape index (κ3) is 2.43. The molecule has 0 atom stereocenters. The van der Waals surface area contributed by atoms with Gasteiger partial charge in [-0.3, -0.25) is 4.98 Å². The van der Waals surface area contributed by atoms with E-state index in [-0.39, 0.29) is 24.8 Å². The Labute approximate surface area is 100 Å². The molecule has 1 heterocycles. The molecule has 0 unspecified atom stereocenters. The smallest absolute Gasteiger partial charge is 0.142 e. The minimum absolute atomic E-state index is 0. The van der Waals surface area contributed by atoms with E-state index in [0.29, 0.717) is 11.4 Å². The summed E-state index contributed by atoms with van der Waals surface area (Å²) in [6.07, 6.45) is 3.49. The van der Waals surface area contributed by atoms with Crippen LogP contribution in [0.15, 0.2) is 30.6 Å². The number of fused-ring (bicyclic) bond motifs is 1. The number of halogens is 2. The monoisotopic (exact) mass is 246 g/mol. The van der Waals surface area contributed by atoms with E-state index in [1.807, 2.05) is 18.2 Å². The van der Waals surface area contributed by atoms with E-state index in [1.165, 1.54) is 0 Å². The topological polar surface area (TPSA) is 48.1 Å². The lowest BCUT2D eigenvalue weighted by atomic mass is 10.1. The summed E-state index contributed by atoms with van der Waals surface area (Å²) in [5.74, 6) is 0.695. The Hall–Kier alpha value is -1.19. The second-order valence-corrected chi connectivity index (χ2v) is 2.78. The fraction of sp³-hybridized carbons (Fsp3) is 0.100. The summed E-state index contributed by atoms with van der Waals surface area (Å²) in [6.45, 7) is 0. The van der Waals surface area contributed by atoms with Crippen molar-refractivity contribution in [2.24, 2.45) is 0 Å². The minimum atomic E-state index is 0. The van der Waals surface area contributed by atoms with E-state index in [0.717, 1.165) is 10.8 Å². The molecule has 2 rings (SSSR count). The number of hydrogen-bond acceptors (Lipinski definition) is 3. The first-order valence-corrected chi connectivity index (χ1v) is 3.99. The molecule has 0 saturated carbocycles. The lowest BCUT2D eigenvalue weighted by Crippen LogP contribution is -1.93. The average Bonchev–Trinajstić information content (AvgIpc) is 2.19. The maximum atomic E-state index is 5.86. The summed E-state index contributed by atoms with van der Waals surface area (Å²) in [5, 5.41) is 2.01. The minimum Gasteiger partial charge on any atom is -0.495 e. The van der Waals surface area contributed by atoms with Gasteiger partial charge in [-0.05, 0) is 17.5 Å². The Balaban J connectivity index is 0.000000980. The van der Waals surface area contributed by atoms with Crippen molar-refractivity contribution in [3.63, 3.8) is 0 Å². The third-order valence-electron chi connectivity index (χ3n) is 2.04. The van der Waals surface area contributed by atoms with Crippen LogP contribution in [0.4, 0.5) is 5.69 Å². The number of ether oxygens (including phenoxy) is 1. The number of anilines is 1. The average molecular weight is 247 g/mol. The Kier molecular flexibility index (Phi) is 5.19. The molecule has 0 aliphatic carbocycles. The first kappa shape index (κ1) is 13.8. The Morgan fingerprint density at radius 2 is 1.93 bits per heavy atom. The number of nitrogen functional groups attached to an aromatic ring is 1. The SMILES string of the molecule is COc1ccc2ccncc2c1N.Cl.Cl. The van der Waals surface area contributed by atoms with E-state index in [9.17, 15) is 0 Å². The number of methoxy groups -OCH3 is 1. The third-order valence-corrected chi connectivity index (χ3v) is 2.04. The fourth-order valence-corrected chi connectivity index (χ4v) is 1.34. The molecule has 0 spiro atoms. The molecule has 0 fully saturated rings. The van der Waals surface area contributed by atoms with E-state index >= 15 is 0 Å². The van der Waals surface area contributed by atoms with Crippen LogP contribution in [-0.4, -0.2) is 12.1 Å². The summed E-state index contributed by atoms with van der Waals surface area (Å²) in [6, 6.07) is 5.75. The number of benzene rings is 1. The van der Waals surface area contributed by atoms with Crippen LogP contribution in [0.2, 0.25) is 0 Å². The van der Waals surface area contributed by atoms with Crippen LogP contribution < -0.4 is 10.5 Å². The summed E-state index contributed by atoms with van der Waals surface area (Å²) in [5.41, 5.74) is 6.51. The van der Waals surface area contributed by atoms with Crippen LogP contribution in [0.25, 0.3) is 10.8 Å². The van der Waals surface area contributed by atoms with Crippen molar-refractivity contribution < 1.29 is 4.74 Å². The highest BCUT2D eigenvalue weighted by Crippen LogP contribution is 2.29. The number of aromatic nitrogens is 1. The predicted molar refractivity (Wildman–Crippen MR) is 67.2 cm³/mol. The molecule has 0 amide bonds. The van der Waals surface area contributed by atoms with Gasteiger partial charge in [-0.25, -0.2) is 0 Å². The largest absolute Gasteiger partial charge is 0.495 e. The first-order chi connectivity index (χ1) is 6.33. The molecule has 2 aromatic rings. The lowest BCUT2D eigenvalue weighted by Gasteiger charge is -2.06. The zero-order valence-electron chi connectivity index (χ0n) is 8.14. The number of nitrogens with two attached hydrogens (primary N) is 1. The highest BCUT2D eigenvalue weighted by Gasteiger charge is 2.03. The zero-order valence-corrected chi connectivity index (χ0v) is 9.77. The molecule has 1 aromatic heterocycles. The van der Waals surface area contributed by atoms with E-state index in [2.05, 4.69) is 4.98 Å². The quantitative estimate of drug-likeness (QED) is 0.788. The Bertz CT molecular complexity index is 448. The Morgan fingerprint density at radius 3 is 2.60 bits per heavy atom. The standard InChI is InChI=1S/C10H10N2O.2ClH/c1-13-9-3-2-7-4-5-12-6-8(7)10(9)11;;/h2-6H,11H2,1H3;2*1H. The molecule has 0 radical (unpaired) electrons. The van der Waals surface area contributed by atoms with Crippen molar-refractivity contribution in [3.05, 3.63) is 30.6 Å². The lowest BCUT2D eigenvalue weighted by molar-refractivity contribution is 0.417. The molecule has 82 valence electrons. The molecular weight excluding hydrogens is 235 g/mol. The maximum absolute atomic E-state index is 5.86. The van der Waals surface area contributed by atoms with Gasteiger partial charge in [-0.15, -0.1) is 24.8 Å².